The van der Waals surface area contributed by atoms with Crippen molar-refractivity contribution < 1.29 is 14.3 Å². The van der Waals surface area contributed by atoms with E-state index in [4.69, 9.17) is 39.5 Å². The van der Waals surface area contributed by atoms with Gasteiger partial charge >= 0.3 is 5.97 Å². The van der Waals surface area contributed by atoms with Crippen LogP contribution in [0.3, 0.4) is 0 Å². The first-order chi connectivity index (χ1) is 17.3. The predicted octanol–water partition coefficient (Wildman–Crippen LogP) is 7.69. The van der Waals surface area contributed by atoms with Crippen LogP contribution in [-0.4, -0.2) is 28.1 Å². The van der Waals surface area contributed by atoms with Crippen LogP contribution in [0, 0.1) is 6.92 Å². The zero-order chi connectivity index (χ0) is 25.7. The van der Waals surface area contributed by atoms with Crippen LogP contribution in [0.5, 0.6) is 0 Å². The summed E-state index contributed by atoms with van der Waals surface area (Å²) < 4.78 is 6.72. The maximum atomic E-state index is 12.5. The molecule has 0 atom stereocenters. The van der Waals surface area contributed by atoms with Crippen LogP contribution in [0.4, 0.5) is 0 Å². The molecule has 8 heteroatoms. The molecule has 0 amide bonds. The fraction of sp³-hybridized carbons (Fsp3) is 0.321. The first-order valence-electron chi connectivity index (χ1n) is 12.0. The van der Waals surface area contributed by atoms with Crippen LogP contribution in [0.1, 0.15) is 70.8 Å². The van der Waals surface area contributed by atoms with Crippen LogP contribution in [-0.2, 0) is 16.1 Å². The molecule has 1 aromatic heterocycles. The number of aryl methyl sites for hydroxylation is 1. The van der Waals surface area contributed by atoms with E-state index in [0.717, 1.165) is 0 Å². The molecule has 1 saturated carbocycles. The second-order valence-corrected chi connectivity index (χ2v) is 10.1. The van der Waals surface area contributed by atoms with Gasteiger partial charge in [-0.05, 0) is 49.5 Å². The number of rotatable bonds is 8. The summed E-state index contributed by atoms with van der Waals surface area (Å²) in [5.41, 5.74) is 3.70. The average molecular weight is 546 g/mol. The molecule has 36 heavy (non-hydrogen) atoms. The van der Waals surface area contributed by atoms with Gasteiger partial charge in [0.1, 0.15) is 5.15 Å². The molecule has 188 valence electrons. The van der Waals surface area contributed by atoms with Crippen molar-refractivity contribution in [3.63, 3.8) is 0 Å². The fourth-order valence-electron chi connectivity index (χ4n) is 4.49. The first-order valence-corrected chi connectivity index (χ1v) is 13.1. The van der Waals surface area contributed by atoms with Crippen LogP contribution < -0.4 is 0 Å². The van der Waals surface area contributed by atoms with Gasteiger partial charge in [-0.1, -0.05) is 84.4 Å². The molecule has 0 radical (unpaired) electrons. The normalized spacial score (nSPS) is 14.3. The lowest BCUT2D eigenvalue weighted by molar-refractivity contribution is -0.136. The second-order valence-electron chi connectivity index (χ2n) is 8.97. The molecular formula is C28H27Cl3N2O3. The minimum Gasteiger partial charge on any atom is -0.454 e. The van der Waals surface area contributed by atoms with Crippen LogP contribution in [0.15, 0.2) is 48.5 Å². The number of esters is 1. The van der Waals surface area contributed by atoms with E-state index in [9.17, 15) is 9.59 Å². The van der Waals surface area contributed by atoms with Crippen LogP contribution in [0.2, 0.25) is 15.2 Å². The number of carbonyl (C=O) groups is 2. The average Bonchev–Trinajstić information content (AvgIpc) is 3.16. The van der Waals surface area contributed by atoms with Crippen molar-refractivity contribution in [3.05, 3.63) is 91.7 Å². The van der Waals surface area contributed by atoms with Crippen molar-refractivity contribution in [3.8, 4) is 0 Å². The Morgan fingerprint density at radius 3 is 2.36 bits per heavy atom. The van der Waals surface area contributed by atoms with Crippen molar-refractivity contribution in [2.24, 2.45) is 0 Å². The minimum atomic E-state index is -0.639. The topological polar surface area (TPSA) is 61.2 Å². The van der Waals surface area contributed by atoms with E-state index in [0.29, 0.717) is 43.5 Å². The highest BCUT2D eigenvalue weighted by atomic mass is 35.5. The van der Waals surface area contributed by atoms with Gasteiger partial charge in [0, 0.05) is 32.8 Å². The van der Waals surface area contributed by atoms with Crippen molar-refractivity contribution in [2.75, 3.05) is 6.61 Å². The van der Waals surface area contributed by atoms with Gasteiger partial charge in [-0.3, -0.25) is 4.79 Å². The van der Waals surface area contributed by atoms with E-state index in [2.05, 4.69) is 5.10 Å². The van der Waals surface area contributed by atoms with E-state index >= 15 is 0 Å². The lowest BCUT2D eigenvalue weighted by Gasteiger charge is -2.22. The Kier molecular flexibility index (Phi) is 8.89. The van der Waals surface area contributed by atoms with Gasteiger partial charge in [0.25, 0.3) is 0 Å². The standard InChI is InChI=1S/C28H27Cl3N2O3/c1-18-22(28(31)33(32-18)16-23-24(29)8-5-9-25(23)30)14-15-27(35)36-17-26(34)21-12-10-20(11-13-21)19-6-3-2-4-7-19/h5,8-15,19H,2-4,6-7,16-17H2,1H3/b15-14+. The minimum absolute atomic E-state index is 0.245. The summed E-state index contributed by atoms with van der Waals surface area (Å²) in [7, 11) is 0. The maximum absolute atomic E-state index is 12.5. The number of hydrogen-bond donors (Lipinski definition) is 0. The summed E-state index contributed by atoms with van der Waals surface area (Å²) in [6.07, 6.45) is 8.99. The summed E-state index contributed by atoms with van der Waals surface area (Å²) in [6, 6.07) is 12.9. The van der Waals surface area contributed by atoms with Crippen molar-refractivity contribution >= 4 is 52.6 Å². The lowest BCUT2D eigenvalue weighted by Crippen LogP contribution is -2.13. The molecule has 1 heterocycles. The van der Waals surface area contributed by atoms with Gasteiger partial charge in [-0.15, -0.1) is 0 Å². The zero-order valence-electron chi connectivity index (χ0n) is 20.0. The van der Waals surface area contributed by atoms with E-state index in [-0.39, 0.29) is 18.9 Å². The van der Waals surface area contributed by atoms with E-state index in [1.807, 2.05) is 24.3 Å². The maximum Gasteiger partial charge on any atom is 0.331 e. The number of halogens is 3. The molecule has 1 aliphatic rings. The zero-order valence-corrected chi connectivity index (χ0v) is 22.2. The Morgan fingerprint density at radius 2 is 1.69 bits per heavy atom. The van der Waals surface area contributed by atoms with Crippen LogP contribution in [0.25, 0.3) is 6.08 Å². The molecule has 0 unspecified atom stereocenters. The molecular weight excluding hydrogens is 519 g/mol. The van der Waals surface area contributed by atoms with E-state index in [1.54, 1.807) is 29.8 Å². The van der Waals surface area contributed by atoms with Gasteiger partial charge in [-0.2, -0.15) is 5.10 Å². The lowest BCUT2D eigenvalue weighted by atomic mass is 9.84. The number of ether oxygens (including phenoxy) is 1. The molecule has 1 fully saturated rings. The quantitative estimate of drug-likeness (QED) is 0.165. The summed E-state index contributed by atoms with van der Waals surface area (Å²) in [6.45, 7) is 1.73. The first kappa shape index (κ1) is 26.5. The number of nitrogens with zero attached hydrogens (tertiary/aromatic N) is 2. The van der Waals surface area contributed by atoms with Gasteiger partial charge in [-0.25, -0.2) is 9.48 Å². The largest absolute Gasteiger partial charge is 0.454 e. The van der Waals surface area contributed by atoms with Gasteiger partial charge < -0.3 is 4.74 Å². The van der Waals surface area contributed by atoms with E-state index in [1.165, 1.54) is 49.8 Å². The highest BCUT2D eigenvalue weighted by Gasteiger charge is 2.17. The monoisotopic (exact) mass is 544 g/mol. The van der Waals surface area contributed by atoms with Crippen molar-refractivity contribution in [2.45, 2.75) is 51.5 Å². The number of benzene rings is 2. The van der Waals surface area contributed by atoms with Gasteiger partial charge in [0.15, 0.2) is 12.4 Å². The Hall–Kier alpha value is -2.60. The summed E-state index contributed by atoms with van der Waals surface area (Å²) in [5, 5.41) is 5.79. The van der Waals surface area contributed by atoms with Crippen LogP contribution >= 0.6 is 34.8 Å². The molecule has 0 bridgehead atoms. The molecule has 0 N–H and O–H groups in total. The van der Waals surface area contributed by atoms with Crippen molar-refractivity contribution in [1.82, 2.24) is 9.78 Å². The third-order valence-corrected chi connectivity index (χ3v) is 7.63. The fourth-order valence-corrected chi connectivity index (χ4v) is 5.31. The number of Topliss-reactive ketones (excluding diaryl/α,β-unsaturated/α-hetero) is 1. The molecule has 1 aliphatic carbocycles. The number of ketones is 1. The Bertz CT molecular complexity index is 1260. The number of aromatic nitrogens is 2. The molecule has 3 aromatic rings. The Balaban J connectivity index is 1.34. The second kappa shape index (κ2) is 12.1. The summed E-state index contributed by atoms with van der Waals surface area (Å²) in [4.78, 5) is 24.7. The smallest absolute Gasteiger partial charge is 0.331 e. The third kappa shape index (κ3) is 6.39. The summed E-state index contributed by atoms with van der Waals surface area (Å²) >= 11 is 19.0. The van der Waals surface area contributed by atoms with Gasteiger partial charge in [0.05, 0.1) is 12.2 Å². The Morgan fingerprint density at radius 1 is 1.03 bits per heavy atom. The predicted molar refractivity (Wildman–Crippen MR) is 144 cm³/mol. The SMILES string of the molecule is Cc1nn(Cc2c(Cl)cccc2Cl)c(Cl)c1/C=C/C(=O)OCC(=O)c1ccc(C2CCCCC2)cc1. The third-order valence-electron chi connectivity index (χ3n) is 6.52. The van der Waals surface area contributed by atoms with Crippen molar-refractivity contribution in [1.29, 1.82) is 0 Å². The molecule has 2 aromatic carbocycles. The van der Waals surface area contributed by atoms with E-state index < -0.39 is 5.97 Å². The number of hydrogen-bond acceptors (Lipinski definition) is 4. The molecule has 4 rings (SSSR count). The molecule has 0 aliphatic heterocycles. The molecule has 0 saturated heterocycles. The Labute approximate surface area is 226 Å². The number of carbonyl (C=O) groups excluding carboxylic acids is 2. The highest BCUT2D eigenvalue weighted by Crippen LogP contribution is 2.32. The van der Waals surface area contributed by atoms with Gasteiger partial charge in [0.2, 0.25) is 0 Å². The molecule has 0 spiro atoms. The molecule has 5 nitrogen and oxygen atoms in total. The highest BCUT2D eigenvalue weighted by molar-refractivity contribution is 6.36. The summed E-state index contributed by atoms with van der Waals surface area (Å²) in [5.74, 6) is -0.308.